The number of rotatable bonds is 5. The molecule has 4 rings (SSSR count). The van der Waals surface area contributed by atoms with Gasteiger partial charge in [0.25, 0.3) is 0 Å². The van der Waals surface area contributed by atoms with Crippen LogP contribution in [0, 0.1) is 17.1 Å². The summed E-state index contributed by atoms with van der Waals surface area (Å²) < 4.78 is 19.1. The molecular formula is C24H30FN5O4. The molecule has 3 aliphatic rings. The Morgan fingerprint density at radius 1 is 1.35 bits per heavy atom. The third kappa shape index (κ3) is 4.85. The molecule has 0 saturated carbocycles. The minimum absolute atomic E-state index is 0.122. The molecule has 34 heavy (non-hydrogen) atoms. The van der Waals surface area contributed by atoms with Crippen LogP contribution in [0.3, 0.4) is 0 Å². The van der Waals surface area contributed by atoms with E-state index in [-0.39, 0.29) is 24.4 Å². The van der Waals surface area contributed by atoms with Gasteiger partial charge in [0.2, 0.25) is 11.8 Å². The van der Waals surface area contributed by atoms with Crippen LogP contribution < -0.4 is 10.2 Å². The molecule has 3 amide bonds. The number of likely N-dealkylation sites (tertiary alicyclic amines) is 2. The minimum atomic E-state index is -0.960. The quantitative estimate of drug-likeness (QED) is 0.704. The van der Waals surface area contributed by atoms with Gasteiger partial charge < -0.3 is 19.9 Å². The van der Waals surface area contributed by atoms with E-state index in [0.29, 0.717) is 31.6 Å². The molecule has 0 spiro atoms. The zero-order chi connectivity index (χ0) is 24.6. The summed E-state index contributed by atoms with van der Waals surface area (Å²) in [6.45, 7) is 6.25. The van der Waals surface area contributed by atoms with Crippen molar-refractivity contribution in [2.45, 2.75) is 69.8 Å². The standard InChI is InChI=1S/C24H30FN5O4/c1-24(2,3)34-23(33)27-19(21(31)29-9-5-8-17(29)12-26)14-28-13-18-11-20(28)22(32)30(18)16-7-4-6-15(25)10-16/h4,6-7,10,17-20H,5,8-9,11,13-14H2,1-3H3,(H,27,33)/t17-,18+,19-,20+/m0/s1. The summed E-state index contributed by atoms with van der Waals surface area (Å²) in [5, 5.41) is 12.1. The van der Waals surface area contributed by atoms with Crippen molar-refractivity contribution in [2.75, 3.05) is 24.5 Å². The second-order valence-electron chi connectivity index (χ2n) is 10.1. The van der Waals surface area contributed by atoms with Gasteiger partial charge in [-0.3, -0.25) is 14.5 Å². The number of ether oxygens (including phenoxy) is 1. The normalized spacial score (nSPS) is 25.4. The Hall–Kier alpha value is -3.19. The number of fused-ring (bicyclic) bond motifs is 2. The predicted octanol–water partition coefficient (Wildman–Crippen LogP) is 2.02. The van der Waals surface area contributed by atoms with E-state index in [1.54, 1.807) is 37.8 Å². The van der Waals surface area contributed by atoms with Gasteiger partial charge in [0.1, 0.15) is 23.5 Å². The first kappa shape index (κ1) is 24.0. The van der Waals surface area contributed by atoms with Crippen molar-refractivity contribution < 1.29 is 23.5 Å². The number of halogens is 1. The van der Waals surface area contributed by atoms with Crippen molar-refractivity contribution in [1.82, 2.24) is 15.1 Å². The maximum Gasteiger partial charge on any atom is 0.408 e. The fourth-order valence-electron chi connectivity index (χ4n) is 5.06. The Morgan fingerprint density at radius 3 is 2.76 bits per heavy atom. The van der Waals surface area contributed by atoms with Crippen LogP contribution in [0.2, 0.25) is 0 Å². The number of nitrogens with zero attached hydrogens (tertiary/aromatic N) is 4. The Labute approximate surface area is 198 Å². The van der Waals surface area contributed by atoms with Crippen molar-refractivity contribution in [1.29, 1.82) is 5.26 Å². The van der Waals surface area contributed by atoms with Gasteiger partial charge >= 0.3 is 6.09 Å². The number of nitrogens with one attached hydrogen (secondary N) is 1. The highest BCUT2D eigenvalue weighted by Crippen LogP contribution is 2.36. The van der Waals surface area contributed by atoms with Crippen molar-refractivity contribution in [3.63, 3.8) is 0 Å². The monoisotopic (exact) mass is 471 g/mol. The second kappa shape index (κ2) is 9.22. The first-order chi connectivity index (χ1) is 16.1. The topological polar surface area (TPSA) is 106 Å². The molecule has 2 bridgehead atoms. The Kier molecular flexibility index (Phi) is 6.49. The third-order valence-corrected chi connectivity index (χ3v) is 6.45. The lowest BCUT2D eigenvalue weighted by molar-refractivity contribution is -0.135. The van der Waals surface area contributed by atoms with Gasteiger partial charge in [-0.1, -0.05) is 6.07 Å². The van der Waals surface area contributed by atoms with Gasteiger partial charge in [0, 0.05) is 25.3 Å². The molecule has 0 radical (unpaired) electrons. The van der Waals surface area contributed by atoms with Gasteiger partial charge in [-0.25, -0.2) is 9.18 Å². The smallest absolute Gasteiger partial charge is 0.408 e. The summed E-state index contributed by atoms with van der Waals surface area (Å²) in [6.07, 6.45) is 1.15. The maximum atomic E-state index is 13.7. The van der Waals surface area contributed by atoms with Gasteiger partial charge in [-0.15, -0.1) is 0 Å². The van der Waals surface area contributed by atoms with E-state index in [2.05, 4.69) is 11.4 Å². The predicted molar refractivity (Wildman–Crippen MR) is 121 cm³/mol. The average Bonchev–Trinajstić information content (AvgIpc) is 3.45. The number of alkyl carbamates (subject to hydrolysis) is 1. The number of carbonyl (C=O) groups is 3. The molecule has 3 fully saturated rings. The van der Waals surface area contributed by atoms with Crippen molar-refractivity contribution >= 4 is 23.6 Å². The largest absolute Gasteiger partial charge is 0.444 e. The van der Waals surface area contributed by atoms with Crippen LogP contribution >= 0.6 is 0 Å². The molecule has 0 aliphatic carbocycles. The molecule has 182 valence electrons. The summed E-state index contributed by atoms with van der Waals surface area (Å²) >= 11 is 0. The molecule has 3 aliphatic heterocycles. The first-order valence-corrected chi connectivity index (χ1v) is 11.6. The highest BCUT2D eigenvalue weighted by molar-refractivity contribution is 6.01. The van der Waals surface area contributed by atoms with Crippen LogP contribution in [0.15, 0.2) is 24.3 Å². The van der Waals surface area contributed by atoms with Gasteiger partial charge in [0.15, 0.2) is 0 Å². The molecule has 1 aromatic rings. The van der Waals surface area contributed by atoms with Gasteiger partial charge in [0.05, 0.1) is 18.2 Å². The van der Waals surface area contributed by atoms with Crippen molar-refractivity contribution in [3.8, 4) is 6.07 Å². The van der Waals surface area contributed by atoms with Crippen LogP contribution in [0.1, 0.15) is 40.0 Å². The lowest BCUT2D eigenvalue weighted by atomic mass is 10.1. The maximum absolute atomic E-state index is 13.7. The van der Waals surface area contributed by atoms with Crippen molar-refractivity contribution in [2.24, 2.45) is 0 Å². The summed E-state index contributed by atoms with van der Waals surface area (Å²) in [6, 6.07) is 6.01. The van der Waals surface area contributed by atoms with Crippen LogP contribution in [-0.4, -0.2) is 77.1 Å². The lowest BCUT2D eigenvalue weighted by Crippen LogP contribution is -2.59. The molecule has 3 heterocycles. The molecule has 3 saturated heterocycles. The summed E-state index contributed by atoms with van der Waals surface area (Å²) in [4.78, 5) is 44.0. The van der Waals surface area contributed by atoms with E-state index in [1.165, 1.54) is 17.0 Å². The van der Waals surface area contributed by atoms with Crippen LogP contribution in [0.5, 0.6) is 0 Å². The third-order valence-electron chi connectivity index (χ3n) is 6.45. The van der Waals surface area contributed by atoms with E-state index >= 15 is 0 Å². The zero-order valence-corrected chi connectivity index (χ0v) is 19.7. The van der Waals surface area contributed by atoms with Crippen molar-refractivity contribution in [3.05, 3.63) is 30.1 Å². The number of benzene rings is 1. The van der Waals surface area contributed by atoms with Crippen LogP contribution in [0.4, 0.5) is 14.9 Å². The fourth-order valence-corrected chi connectivity index (χ4v) is 5.06. The van der Waals surface area contributed by atoms with Gasteiger partial charge in [-0.2, -0.15) is 5.26 Å². The second-order valence-corrected chi connectivity index (χ2v) is 10.1. The molecule has 0 aromatic heterocycles. The first-order valence-electron chi connectivity index (χ1n) is 11.6. The molecule has 4 atom stereocenters. The highest BCUT2D eigenvalue weighted by Gasteiger charge is 2.51. The minimum Gasteiger partial charge on any atom is -0.444 e. The SMILES string of the molecule is CC(C)(C)OC(=O)N[C@@H](CN1C[C@H]2C[C@@H]1C(=O)N2c1cccc(F)c1)C(=O)N1CCC[C@H]1C#N. The molecule has 1 aromatic carbocycles. The average molecular weight is 472 g/mol. The number of carbonyl (C=O) groups excluding carboxylic acids is 3. The number of nitriles is 1. The number of amides is 3. The highest BCUT2D eigenvalue weighted by atomic mass is 19.1. The summed E-state index contributed by atoms with van der Waals surface area (Å²) in [5.41, 5.74) is -0.222. The lowest BCUT2D eigenvalue weighted by Gasteiger charge is -2.36. The summed E-state index contributed by atoms with van der Waals surface area (Å²) in [7, 11) is 0. The zero-order valence-electron chi connectivity index (χ0n) is 19.7. The number of anilines is 1. The molecular weight excluding hydrogens is 441 g/mol. The van der Waals surface area contributed by atoms with Crippen LogP contribution in [0.25, 0.3) is 0 Å². The Bertz CT molecular complexity index is 1020. The van der Waals surface area contributed by atoms with E-state index in [4.69, 9.17) is 4.74 Å². The molecule has 9 nitrogen and oxygen atoms in total. The molecule has 0 unspecified atom stereocenters. The van der Waals surface area contributed by atoms with E-state index in [9.17, 15) is 24.0 Å². The van der Waals surface area contributed by atoms with E-state index < -0.39 is 35.6 Å². The molecule has 10 heteroatoms. The molecule has 1 N–H and O–H groups in total. The Balaban J connectivity index is 1.49. The number of piperazine rings is 1. The van der Waals surface area contributed by atoms with E-state index in [1.807, 2.05) is 4.90 Å². The van der Waals surface area contributed by atoms with E-state index in [0.717, 1.165) is 6.42 Å². The number of hydrogen-bond donors (Lipinski definition) is 1. The Morgan fingerprint density at radius 2 is 2.12 bits per heavy atom. The summed E-state index contributed by atoms with van der Waals surface area (Å²) in [5.74, 6) is -0.914. The number of hydrogen-bond acceptors (Lipinski definition) is 6. The fraction of sp³-hybridized carbons (Fsp3) is 0.583. The van der Waals surface area contributed by atoms with Gasteiger partial charge in [-0.05, 0) is 58.2 Å². The van der Waals surface area contributed by atoms with Crippen LogP contribution in [-0.2, 0) is 14.3 Å².